The molecule has 2 aromatic carbocycles. The quantitative estimate of drug-likeness (QED) is 0.734. The first kappa shape index (κ1) is 20.7. The molecule has 0 spiro atoms. The van der Waals surface area contributed by atoms with Gasteiger partial charge in [-0.25, -0.2) is 8.42 Å². The Morgan fingerprint density at radius 2 is 2.07 bits per heavy atom. The van der Waals surface area contributed by atoms with Gasteiger partial charge in [-0.3, -0.25) is 9.79 Å². The smallest absolute Gasteiger partial charge is 0.251 e. The number of amides is 1. The van der Waals surface area contributed by atoms with Gasteiger partial charge in [0.15, 0.2) is 15.0 Å². The molecule has 0 saturated carbocycles. The van der Waals surface area contributed by atoms with Crippen LogP contribution in [-0.2, 0) is 16.4 Å². The molecular formula is C21H23N3O4S2. The molecule has 1 amide bonds. The highest BCUT2D eigenvalue weighted by molar-refractivity contribution is 8.15. The molecular weight excluding hydrogens is 422 g/mol. The molecule has 0 unspecified atom stereocenters. The summed E-state index contributed by atoms with van der Waals surface area (Å²) >= 11 is 1.46. The fourth-order valence-electron chi connectivity index (χ4n) is 3.50. The van der Waals surface area contributed by atoms with Crippen molar-refractivity contribution in [2.75, 3.05) is 23.9 Å². The number of nitrogens with one attached hydrogen (secondary N) is 2. The number of carbonyl (C=O) groups excluding carboxylic acids is 1. The molecule has 7 nitrogen and oxygen atoms in total. The minimum Gasteiger partial charge on any atom is -0.497 e. The van der Waals surface area contributed by atoms with Crippen LogP contribution >= 0.6 is 11.8 Å². The molecule has 2 heterocycles. The van der Waals surface area contributed by atoms with E-state index in [9.17, 15) is 13.2 Å². The lowest BCUT2D eigenvalue weighted by atomic mass is 10.1. The fourth-order valence-corrected chi connectivity index (χ4v) is 7.16. The van der Waals surface area contributed by atoms with Gasteiger partial charge in [0.05, 0.1) is 24.7 Å². The van der Waals surface area contributed by atoms with Crippen molar-refractivity contribution in [2.24, 2.45) is 4.99 Å². The monoisotopic (exact) mass is 445 g/mol. The number of thioether (sulfide) groups is 1. The van der Waals surface area contributed by atoms with Crippen molar-refractivity contribution in [1.82, 2.24) is 5.32 Å². The average molecular weight is 446 g/mol. The summed E-state index contributed by atoms with van der Waals surface area (Å²) in [6, 6.07) is 12.8. The predicted octanol–water partition coefficient (Wildman–Crippen LogP) is 2.61. The number of anilines is 1. The molecule has 1 fully saturated rings. The van der Waals surface area contributed by atoms with Gasteiger partial charge in [0, 0.05) is 23.0 Å². The number of benzene rings is 2. The highest BCUT2D eigenvalue weighted by Crippen LogP contribution is 2.35. The zero-order valence-corrected chi connectivity index (χ0v) is 18.3. The molecule has 1 saturated heterocycles. The average Bonchev–Trinajstić information content (AvgIpc) is 3.20. The number of hydrogen-bond acceptors (Lipinski definition) is 7. The summed E-state index contributed by atoms with van der Waals surface area (Å²) < 4.78 is 28.7. The number of hydrogen-bond donors (Lipinski definition) is 2. The summed E-state index contributed by atoms with van der Waals surface area (Å²) in [7, 11) is -1.37. The van der Waals surface area contributed by atoms with E-state index in [2.05, 4.69) is 15.6 Å². The van der Waals surface area contributed by atoms with Crippen molar-refractivity contribution in [3.05, 3.63) is 59.2 Å². The Hall–Kier alpha value is -2.52. The summed E-state index contributed by atoms with van der Waals surface area (Å²) in [6.07, 6.45) is 0. The fraction of sp³-hybridized carbons (Fsp3) is 0.333. The van der Waals surface area contributed by atoms with Crippen molar-refractivity contribution in [1.29, 1.82) is 0 Å². The number of rotatable bonds is 5. The number of carbonyl (C=O) groups is 1. The van der Waals surface area contributed by atoms with E-state index in [1.54, 1.807) is 19.2 Å². The molecule has 4 rings (SSSR count). The summed E-state index contributed by atoms with van der Waals surface area (Å²) in [4.78, 5) is 17.2. The van der Waals surface area contributed by atoms with E-state index >= 15 is 0 Å². The zero-order chi connectivity index (χ0) is 21.3. The number of ether oxygens (including phenoxy) is 1. The number of nitrogens with zero attached hydrogens (tertiary/aromatic N) is 1. The van der Waals surface area contributed by atoms with Gasteiger partial charge in [0.2, 0.25) is 0 Å². The van der Waals surface area contributed by atoms with Gasteiger partial charge >= 0.3 is 0 Å². The maximum absolute atomic E-state index is 12.6. The lowest BCUT2D eigenvalue weighted by molar-refractivity contribution is 0.0951. The lowest BCUT2D eigenvalue weighted by Gasteiger charge is -2.12. The Kier molecular flexibility index (Phi) is 5.75. The Labute approximate surface area is 180 Å². The van der Waals surface area contributed by atoms with Crippen LogP contribution in [0.2, 0.25) is 0 Å². The van der Waals surface area contributed by atoms with Crippen molar-refractivity contribution < 1.29 is 17.9 Å². The second kappa shape index (κ2) is 8.31. The second-order valence-electron chi connectivity index (χ2n) is 7.42. The molecule has 2 aromatic rings. The van der Waals surface area contributed by atoms with Gasteiger partial charge in [-0.15, -0.1) is 0 Å². The minimum absolute atomic E-state index is 0.0212. The summed E-state index contributed by atoms with van der Waals surface area (Å²) in [6.45, 7) is 2.35. The van der Waals surface area contributed by atoms with Crippen LogP contribution < -0.4 is 15.4 Å². The predicted molar refractivity (Wildman–Crippen MR) is 120 cm³/mol. The van der Waals surface area contributed by atoms with E-state index in [-0.39, 0.29) is 28.7 Å². The van der Waals surface area contributed by atoms with Gasteiger partial charge in [-0.05, 0) is 42.3 Å². The Morgan fingerprint density at radius 1 is 1.23 bits per heavy atom. The Balaban J connectivity index is 1.42. The third-order valence-electron chi connectivity index (χ3n) is 5.15. The molecule has 2 aliphatic heterocycles. The summed E-state index contributed by atoms with van der Waals surface area (Å²) in [5.41, 5.74) is 3.26. The van der Waals surface area contributed by atoms with E-state index in [0.717, 1.165) is 22.6 Å². The van der Waals surface area contributed by atoms with Crippen LogP contribution in [0.4, 0.5) is 5.69 Å². The van der Waals surface area contributed by atoms with Crippen molar-refractivity contribution in [3.63, 3.8) is 0 Å². The largest absolute Gasteiger partial charge is 0.497 e. The molecule has 2 aliphatic rings. The topological polar surface area (TPSA) is 96.9 Å². The third-order valence-corrected chi connectivity index (χ3v) is 8.29. The van der Waals surface area contributed by atoms with Crippen LogP contribution in [0.15, 0.2) is 47.5 Å². The summed E-state index contributed by atoms with van der Waals surface area (Å²) in [5, 5.41) is 6.88. The highest BCUT2D eigenvalue weighted by Gasteiger charge is 2.42. The van der Waals surface area contributed by atoms with E-state index in [0.29, 0.717) is 17.3 Å². The minimum atomic E-state index is -2.98. The second-order valence-corrected chi connectivity index (χ2v) is 10.8. The molecule has 0 aromatic heterocycles. The number of aliphatic imine (C=N–C) groups is 1. The Morgan fingerprint density at radius 3 is 2.83 bits per heavy atom. The van der Waals surface area contributed by atoms with E-state index in [1.807, 2.05) is 37.3 Å². The molecule has 0 aliphatic carbocycles. The molecule has 9 heteroatoms. The molecule has 2 N–H and O–H groups in total. The van der Waals surface area contributed by atoms with Crippen LogP contribution in [0.1, 0.15) is 21.5 Å². The number of fused-ring (bicyclic) bond motifs is 1. The standard InChI is InChI=1S/C21H23N3O4S2/c1-13-6-7-15(20(25)22-10-14-4-3-5-16(8-14)28-2)9-17(13)23-21-24-18-11-30(26,27)12-19(18)29-21/h3-9,18-19H,10-12H2,1-2H3,(H,22,25)(H,23,24)/t18-,19+/m0/s1. The van der Waals surface area contributed by atoms with Gasteiger partial charge < -0.3 is 15.4 Å². The van der Waals surface area contributed by atoms with Crippen molar-refractivity contribution >= 4 is 38.4 Å². The SMILES string of the molecule is COc1cccc(CNC(=O)c2ccc(C)c(NC3=N[C@H]4CS(=O)(=O)C[C@H]4S3)c2)c1. The van der Waals surface area contributed by atoms with E-state index < -0.39 is 9.84 Å². The van der Waals surface area contributed by atoms with Gasteiger partial charge in [0.25, 0.3) is 5.91 Å². The van der Waals surface area contributed by atoms with Gasteiger partial charge in [-0.1, -0.05) is 30.0 Å². The van der Waals surface area contributed by atoms with Gasteiger partial charge in [0.1, 0.15) is 5.75 Å². The first-order chi connectivity index (χ1) is 14.3. The molecule has 0 radical (unpaired) electrons. The van der Waals surface area contributed by atoms with Gasteiger partial charge in [-0.2, -0.15) is 0 Å². The third kappa shape index (κ3) is 4.62. The van der Waals surface area contributed by atoms with Crippen molar-refractivity contribution in [3.8, 4) is 5.75 Å². The van der Waals surface area contributed by atoms with Crippen LogP contribution in [0.25, 0.3) is 0 Å². The first-order valence-electron chi connectivity index (χ1n) is 9.57. The molecule has 2 atom stereocenters. The number of sulfone groups is 1. The number of amidine groups is 1. The van der Waals surface area contributed by atoms with E-state index in [1.165, 1.54) is 11.8 Å². The maximum atomic E-state index is 12.6. The number of aryl methyl sites for hydroxylation is 1. The number of methoxy groups -OCH3 is 1. The van der Waals surface area contributed by atoms with Crippen LogP contribution in [-0.4, -0.2) is 49.4 Å². The summed E-state index contributed by atoms with van der Waals surface area (Å²) in [5.74, 6) is 0.852. The maximum Gasteiger partial charge on any atom is 0.251 e. The zero-order valence-electron chi connectivity index (χ0n) is 16.7. The van der Waals surface area contributed by atoms with Crippen LogP contribution in [0.3, 0.4) is 0 Å². The highest BCUT2D eigenvalue weighted by atomic mass is 32.2. The normalized spacial score (nSPS) is 21.6. The van der Waals surface area contributed by atoms with Crippen LogP contribution in [0.5, 0.6) is 5.75 Å². The van der Waals surface area contributed by atoms with E-state index in [4.69, 9.17) is 4.74 Å². The Bertz CT molecular complexity index is 1110. The molecule has 0 bridgehead atoms. The molecule has 30 heavy (non-hydrogen) atoms. The molecule has 158 valence electrons. The van der Waals surface area contributed by atoms with Crippen molar-refractivity contribution in [2.45, 2.75) is 24.8 Å². The van der Waals surface area contributed by atoms with Crippen LogP contribution in [0, 0.1) is 6.92 Å². The first-order valence-corrected chi connectivity index (χ1v) is 12.3. The lowest BCUT2D eigenvalue weighted by Crippen LogP contribution is -2.23.